The standard InChI is InChI=1S/C29H17ClN4O/c30-23-8-2-1-5-20(23)28-33-26-19-11-10-16(17-6-3-9-24-18(17)7-4-13-31-24)15-22(19)25-21(27(26)34-28)12-14-32-29(25)35/h1-15H,(H,32,35)(H,33,34). The van der Waals surface area contributed by atoms with Gasteiger partial charge >= 0.3 is 0 Å². The molecular formula is C29H17ClN4O. The second-order valence-corrected chi connectivity index (χ2v) is 8.93. The second kappa shape index (κ2) is 7.52. The molecular weight excluding hydrogens is 456 g/mol. The lowest BCUT2D eigenvalue weighted by atomic mass is 9.95. The van der Waals surface area contributed by atoms with Gasteiger partial charge in [0.2, 0.25) is 0 Å². The van der Waals surface area contributed by atoms with Crippen molar-refractivity contribution in [3.05, 3.63) is 107 Å². The molecule has 0 fully saturated rings. The summed E-state index contributed by atoms with van der Waals surface area (Å²) in [7, 11) is 0. The van der Waals surface area contributed by atoms with Gasteiger partial charge in [-0.1, -0.05) is 54.1 Å². The molecule has 0 aliphatic rings. The number of aromatic amines is 2. The van der Waals surface area contributed by atoms with E-state index in [1.165, 1.54) is 0 Å². The zero-order valence-corrected chi connectivity index (χ0v) is 19.1. The van der Waals surface area contributed by atoms with Crippen LogP contribution in [0.2, 0.25) is 5.02 Å². The summed E-state index contributed by atoms with van der Waals surface area (Å²) in [5, 5.41) is 4.88. The summed E-state index contributed by atoms with van der Waals surface area (Å²) in [6.07, 6.45) is 3.46. The number of nitrogens with zero attached hydrogens (tertiary/aromatic N) is 2. The second-order valence-electron chi connectivity index (χ2n) is 8.52. The average molecular weight is 473 g/mol. The predicted octanol–water partition coefficient (Wildman–Crippen LogP) is 7.09. The number of hydrogen-bond donors (Lipinski definition) is 2. The molecule has 4 aromatic carbocycles. The smallest absolute Gasteiger partial charge is 0.256 e. The van der Waals surface area contributed by atoms with Crippen molar-refractivity contribution in [1.29, 1.82) is 0 Å². The summed E-state index contributed by atoms with van der Waals surface area (Å²) in [5.41, 5.74) is 5.31. The number of benzene rings is 4. The fraction of sp³-hybridized carbons (Fsp3) is 0. The summed E-state index contributed by atoms with van der Waals surface area (Å²) >= 11 is 6.46. The summed E-state index contributed by atoms with van der Waals surface area (Å²) in [4.78, 5) is 28.8. The van der Waals surface area contributed by atoms with Crippen LogP contribution in [0.25, 0.3) is 66.0 Å². The topological polar surface area (TPSA) is 74.4 Å². The van der Waals surface area contributed by atoms with Crippen LogP contribution in [0.15, 0.2) is 96.1 Å². The molecule has 0 aliphatic heterocycles. The van der Waals surface area contributed by atoms with E-state index in [2.05, 4.69) is 45.3 Å². The molecule has 35 heavy (non-hydrogen) atoms. The van der Waals surface area contributed by atoms with E-state index in [0.29, 0.717) is 16.2 Å². The summed E-state index contributed by atoms with van der Waals surface area (Å²) in [6.45, 7) is 0. The Balaban J connectivity index is 1.59. The Morgan fingerprint density at radius 1 is 0.771 bits per heavy atom. The Hall–Kier alpha value is -4.48. The Morgan fingerprint density at radius 3 is 2.57 bits per heavy atom. The van der Waals surface area contributed by atoms with E-state index in [0.717, 1.165) is 54.8 Å². The highest BCUT2D eigenvalue weighted by atomic mass is 35.5. The summed E-state index contributed by atoms with van der Waals surface area (Å²) in [5.74, 6) is 0.670. The highest BCUT2D eigenvalue weighted by molar-refractivity contribution is 6.33. The molecule has 0 saturated heterocycles. The first-order chi connectivity index (χ1) is 17.2. The third-order valence-corrected chi connectivity index (χ3v) is 6.89. The van der Waals surface area contributed by atoms with Crippen LogP contribution in [0.5, 0.6) is 0 Å². The van der Waals surface area contributed by atoms with Gasteiger partial charge < -0.3 is 9.97 Å². The van der Waals surface area contributed by atoms with Gasteiger partial charge in [0.25, 0.3) is 5.56 Å². The van der Waals surface area contributed by atoms with Crippen molar-refractivity contribution in [2.75, 3.05) is 0 Å². The minimum atomic E-state index is -0.145. The molecule has 0 atom stereocenters. The van der Waals surface area contributed by atoms with Crippen LogP contribution < -0.4 is 5.56 Å². The Morgan fingerprint density at radius 2 is 1.66 bits per heavy atom. The Kier molecular flexibility index (Phi) is 4.28. The third kappa shape index (κ3) is 2.99. The van der Waals surface area contributed by atoms with Crippen LogP contribution in [0, 0.1) is 0 Å². The van der Waals surface area contributed by atoms with Gasteiger partial charge in [-0.3, -0.25) is 9.78 Å². The number of imidazole rings is 1. The van der Waals surface area contributed by atoms with E-state index in [1.807, 2.05) is 48.5 Å². The van der Waals surface area contributed by atoms with Gasteiger partial charge in [0.15, 0.2) is 0 Å². The van der Waals surface area contributed by atoms with Crippen molar-refractivity contribution >= 4 is 55.1 Å². The molecule has 0 aliphatic carbocycles. The number of H-pyrrole nitrogens is 2. The fourth-order valence-corrected chi connectivity index (χ4v) is 5.20. The molecule has 0 spiro atoms. The molecule has 3 aromatic heterocycles. The first-order valence-electron chi connectivity index (χ1n) is 11.2. The molecule has 0 amide bonds. The van der Waals surface area contributed by atoms with E-state index in [-0.39, 0.29) is 5.56 Å². The van der Waals surface area contributed by atoms with Gasteiger partial charge in [0, 0.05) is 34.1 Å². The number of pyridine rings is 2. The van der Waals surface area contributed by atoms with E-state index >= 15 is 0 Å². The SMILES string of the molecule is O=c1[nH]ccc2c3nc(-c4ccccc4Cl)[nH]c3c3ccc(-c4cccc5ncccc45)cc3c12. The molecule has 2 N–H and O–H groups in total. The largest absolute Gasteiger partial charge is 0.337 e. The molecule has 7 rings (SSSR count). The lowest BCUT2D eigenvalue weighted by Crippen LogP contribution is -2.05. The van der Waals surface area contributed by atoms with Crippen LogP contribution in [-0.2, 0) is 0 Å². The van der Waals surface area contributed by atoms with Crippen molar-refractivity contribution in [3.8, 4) is 22.5 Å². The normalized spacial score (nSPS) is 11.7. The van der Waals surface area contributed by atoms with Crippen LogP contribution in [0.1, 0.15) is 0 Å². The maximum absolute atomic E-state index is 13.1. The molecule has 166 valence electrons. The van der Waals surface area contributed by atoms with Crippen molar-refractivity contribution < 1.29 is 0 Å². The molecule has 7 aromatic rings. The molecule has 6 heteroatoms. The molecule has 5 nitrogen and oxygen atoms in total. The van der Waals surface area contributed by atoms with Crippen molar-refractivity contribution in [1.82, 2.24) is 19.9 Å². The average Bonchev–Trinajstić information content (AvgIpc) is 3.34. The molecule has 0 bridgehead atoms. The summed E-state index contributed by atoms with van der Waals surface area (Å²) in [6, 6.07) is 25.8. The minimum absolute atomic E-state index is 0.145. The van der Waals surface area contributed by atoms with E-state index in [9.17, 15) is 4.79 Å². The zero-order chi connectivity index (χ0) is 23.5. The van der Waals surface area contributed by atoms with E-state index < -0.39 is 0 Å². The fourth-order valence-electron chi connectivity index (χ4n) is 4.98. The van der Waals surface area contributed by atoms with E-state index in [4.69, 9.17) is 16.6 Å². The van der Waals surface area contributed by atoms with Gasteiger partial charge in [0.1, 0.15) is 5.82 Å². The van der Waals surface area contributed by atoms with Crippen LogP contribution in [0.3, 0.4) is 0 Å². The quantitative estimate of drug-likeness (QED) is 0.264. The summed E-state index contributed by atoms with van der Waals surface area (Å²) < 4.78 is 0. The maximum atomic E-state index is 13.1. The van der Waals surface area contributed by atoms with E-state index in [1.54, 1.807) is 12.4 Å². The number of halogens is 1. The minimum Gasteiger partial charge on any atom is -0.337 e. The van der Waals surface area contributed by atoms with Gasteiger partial charge in [0.05, 0.1) is 27.0 Å². The predicted molar refractivity (Wildman–Crippen MR) is 143 cm³/mol. The highest BCUT2D eigenvalue weighted by Gasteiger charge is 2.17. The molecule has 3 heterocycles. The monoisotopic (exact) mass is 472 g/mol. The van der Waals surface area contributed by atoms with Crippen LogP contribution in [-0.4, -0.2) is 19.9 Å². The van der Waals surface area contributed by atoms with Crippen molar-refractivity contribution in [2.24, 2.45) is 0 Å². The number of hydrogen-bond acceptors (Lipinski definition) is 3. The number of aromatic nitrogens is 4. The Bertz CT molecular complexity index is 2000. The van der Waals surface area contributed by atoms with Gasteiger partial charge in [-0.15, -0.1) is 0 Å². The molecule has 0 saturated carbocycles. The van der Waals surface area contributed by atoms with Gasteiger partial charge in [-0.05, 0) is 52.9 Å². The zero-order valence-electron chi connectivity index (χ0n) is 18.3. The Labute approximate surface area is 204 Å². The van der Waals surface area contributed by atoms with Crippen molar-refractivity contribution in [2.45, 2.75) is 0 Å². The first kappa shape index (κ1) is 19.9. The van der Waals surface area contributed by atoms with Gasteiger partial charge in [-0.25, -0.2) is 4.98 Å². The lowest BCUT2D eigenvalue weighted by molar-refractivity contribution is 1.28. The number of fused-ring (bicyclic) bond motifs is 7. The van der Waals surface area contributed by atoms with Crippen LogP contribution >= 0.6 is 11.6 Å². The lowest BCUT2D eigenvalue weighted by Gasteiger charge is -2.10. The first-order valence-corrected chi connectivity index (χ1v) is 11.6. The third-order valence-electron chi connectivity index (χ3n) is 6.56. The molecule has 0 radical (unpaired) electrons. The molecule has 0 unspecified atom stereocenters. The number of nitrogens with one attached hydrogen (secondary N) is 2. The maximum Gasteiger partial charge on any atom is 0.256 e. The van der Waals surface area contributed by atoms with Crippen molar-refractivity contribution in [3.63, 3.8) is 0 Å². The van der Waals surface area contributed by atoms with Crippen LogP contribution in [0.4, 0.5) is 0 Å². The number of rotatable bonds is 2. The van der Waals surface area contributed by atoms with Gasteiger partial charge in [-0.2, -0.15) is 0 Å². The highest BCUT2D eigenvalue weighted by Crippen LogP contribution is 2.38.